The van der Waals surface area contributed by atoms with E-state index in [1.807, 2.05) is 0 Å². The van der Waals surface area contributed by atoms with Gasteiger partial charge in [0.25, 0.3) is 5.91 Å². The second-order valence-electron chi connectivity index (χ2n) is 8.09. The number of benzene rings is 2. The molecule has 7 heteroatoms. The average Bonchev–Trinajstić information content (AvgIpc) is 3.07. The number of halogens is 1. The quantitative estimate of drug-likeness (QED) is 0.680. The Bertz CT molecular complexity index is 1190. The van der Waals surface area contributed by atoms with Crippen molar-refractivity contribution in [3.05, 3.63) is 81.5 Å². The molecule has 2 aliphatic heterocycles. The van der Waals surface area contributed by atoms with Crippen molar-refractivity contribution in [1.29, 1.82) is 0 Å². The molecule has 0 unspecified atom stereocenters. The lowest BCUT2D eigenvalue weighted by Gasteiger charge is -2.27. The van der Waals surface area contributed by atoms with Gasteiger partial charge in [0.1, 0.15) is 24.5 Å². The van der Waals surface area contributed by atoms with Crippen LogP contribution in [0.3, 0.4) is 0 Å². The lowest BCUT2D eigenvalue weighted by atomic mass is 9.98. The number of carbonyl (C=O) groups excluding carboxylic acids is 1. The zero-order chi connectivity index (χ0) is 21.4. The molecule has 1 amide bonds. The van der Waals surface area contributed by atoms with E-state index in [4.69, 9.17) is 9.15 Å². The molecule has 1 fully saturated rings. The molecule has 1 aromatic heterocycles. The van der Waals surface area contributed by atoms with Crippen LogP contribution in [0.25, 0.3) is 11.0 Å². The van der Waals surface area contributed by atoms with Gasteiger partial charge in [0.2, 0.25) is 5.76 Å². The first-order valence-electron chi connectivity index (χ1n) is 10.7. The van der Waals surface area contributed by atoms with Gasteiger partial charge in [-0.3, -0.25) is 9.59 Å². The first-order valence-corrected chi connectivity index (χ1v) is 10.7. The van der Waals surface area contributed by atoms with Crippen molar-refractivity contribution in [3.8, 4) is 0 Å². The van der Waals surface area contributed by atoms with Crippen LogP contribution in [0, 0.1) is 5.82 Å². The van der Waals surface area contributed by atoms with Gasteiger partial charge in [-0.1, -0.05) is 24.3 Å². The second kappa shape index (κ2) is 8.24. The highest BCUT2D eigenvalue weighted by Crippen LogP contribution is 2.38. The summed E-state index contributed by atoms with van der Waals surface area (Å²) in [6, 6.07) is 12.4. The number of hydrogen-bond acceptors (Lipinski definition) is 4. The molecule has 2 aromatic carbocycles. The molecule has 0 radical (unpaired) electrons. The number of amides is 1. The predicted octanol–water partition coefficient (Wildman–Crippen LogP) is 1.78. The summed E-state index contributed by atoms with van der Waals surface area (Å²) in [7, 11) is 0. The highest BCUT2D eigenvalue weighted by molar-refractivity contribution is 5.99. The van der Waals surface area contributed by atoms with Crippen LogP contribution in [0.4, 0.5) is 4.39 Å². The summed E-state index contributed by atoms with van der Waals surface area (Å²) in [6.07, 6.45) is 0.772. The summed E-state index contributed by atoms with van der Waals surface area (Å²) in [5.74, 6) is -0.651. The molecule has 160 valence electrons. The zero-order valence-corrected chi connectivity index (χ0v) is 17.1. The minimum absolute atomic E-state index is 0.0664. The molecule has 1 N–H and O–H groups in total. The van der Waals surface area contributed by atoms with Gasteiger partial charge >= 0.3 is 0 Å². The number of nitrogens with one attached hydrogen (secondary N) is 1. The Morgan fingerprint density at radius 2 is 1.87 bits per heavy atom. The smallest absolute Gasteiger partial charge is 0.290 e. The van der Waals surface area contributed by atoms with E-state index in [0.29, 0.717) is 28.6 Å². The molecular weight excluding hydrogens is 399 g/mol. The fourth-order valence-electron chi connectivity index (χ4n) is 4.63. The summed E-state index contributed by atoms with van der Waals surface area (Å²) in [5.41, 5.74) is 1.03. The Kier molecular flexibility index (Phi) is 5.29. The largest absolute Gasteiger partial charge is 0.450 e. The van der Waals surface area contributed by atoms with Crippen LogP contribution < -0.4 is 10.3 Å². The SMILES string of the molecule is O=C1c2oc3ccccc3c(=O)c2[C@@H](c2cccc(F)c2)N1CCC[NH+]1CCOCC1. The topological polar surface area (TPSA) is 64.2 Å². The van der Waals surface area contributed by atoms with Crippen molar-refractivity contribution >= 4 is 16.9 Å². The Morgan fingerprint density at radius 3 is 2.68 bits per heavy atom. The number of ether oxygens (including phenoxy) is 1. The fourth-order valence-corrected chi connectivity index (χ4v) is 4.63. The van der Waals surface area contributed by atoms with Crippen molar-refractivity contribution in [2.75, 3.05) is 39.4 Å². The predicted molar refractivity (Wildman–Crippen MR) is 113 cm³/mol. The maximum absolute atomic E-state index is 14.0. The highest BCUT2D eigenvalue weighted by atomic mass is 19.1. The maximum atomic E-state index is 14.0. The zero-order valence-electron chi connectivity index (χ0n) is 17.1. The van der Waals surface area contributed by atoms with Crippen LogP contribution in [0.1, 0.15) is 34.1 Å². The molecule has 2 aliphatic rings. The van der Waals surface area contributed by atoms with Crippen molar-refractivity contribution in [2.45, 2.75) is 12.5 Å². The Labute approximate surface area is 178 Å². The molecule has 0 bridgehead atoms. The Balaban J connectivity index is 1.53. The van der Waals surface area contributed by atoms with Gasteiger partial charge in [-0.25, -0.2) is 4.39 Å². The Morgan fingerprint density at radius 1 is 1.06 bits per heavy atom. The van der Waals surface area contributed by atoms with Gasteiger partial charge in [0, 0.05) is 13.0 Å². The number of rotatable bonds is 5. The number of morpholine rings is 1. The van der Waals surface area contributed by atoms with Crippen LogP contribution >= 0.6 is 0 Å². The number of hydrogen-bond donors (Lipinski definition) is 1. The number of nitrogens with zero attached hydrogens (tertiary/aromatic N) is 1. The van der Waals surface area contributed by atoms with Crippen LogP contribution in [-0.4, -0.2) is 50.2 Å². The standard InChI is InChI=1S/C24H23FN2O4/c25-17-6-3-5-16(15-17)21-20-22(28)18-7-1-2-8-19(18)31-23(20)24(29)27(21)10-4-9-26-11-13-30-14-12-26/h1-3,5-8,15,21H,4,9-14H2/p+1/t21-/m1/s1. The number of para-hydroxylation sites is 1. The summed E-state index contributed by atoms with van der Waals surface area (Å²) >= 11 is 0. The van der Waals surface area contributed by atoms with Crippen molar-refractivity contribution < 1.29 is 23.2 Å². The summed E-state index contributed by atoms with van der Waals surface area (Å²) in [4.78, 5) is 29.8. The fraction of sp³-hybridized carbons (Fsp3) is 0.333. The van der Waals surface area contributed by atoms with Crippen molar-refractivity contribution in [1.82, 2.24) is 4.90 Å². The molecule has 5 rings (SSSR count). The van der Waals surface area contributed by atoms with Crippen LogP contribution in [0.15, 0.2) is 57.7 Å². The minimum Gasteiger partial charge on any atom is -0.450 e. The van der Waals surface area contributed by atoms with E-state index in [1.165, 1.54) is 17.0 Å². The lowest BCUT2D eigenvalue weighted by molar-refractivity contribution is -0.908. The number of quaternary nitrogens is 1. The average molecular weight is 423 g/mol. The molecule has 31 heavy (non-hydrogen) atoms. The van der Waals surface area contributed by atoms with Gasteiger partial charge in [0.15, 0.2) is 5.43 Å². The van der Waals surface area contributed by atoms with Gasteiger partial charge in [-0.15, -0.1) is 0 Å². The molecule has 0 saturated carbocycles. The molecule has 3 aromatic rings. The van der Waals surface area contributed by atoms with Crippen LogP contribution in [0.5, 0.6) is 0 Å². The van der Waals surface area contributed by atoms with Crippen molar-refractivity contribution in [2.24, 2.45) is 0 Å². The van der Waals surface area contributed by atoms with Crippen LogP contribution in [0.2, 0.25) is 0 Å². The lowest BCUT2D eigenvalue weighted by Crippen LogP contribution is -3.14. The molecule has 0 aliphatic carbocycles. The number of carbonyl (C=O) groups is 1. The third kappa shape index (κ3) is 3.64. The second-order valence-corrected chi connectivity index (χ2v) is 8.09. The summed E-state index contributed by atoms with van der Waals surface area (Å²) < 4.78 is 25.4. The van der Waals surface area contributed by atoms with E-state index in [2.05, 4.69) is 0 Å². The maximum Gasteiger partial charge on any atom is 0.290 e. The third-order valence-electron chi connectivity index (χ3n) is 6.17. The van der Waals surface area contributed by atoms with Crippen LogP contribution in [-0.2, 0) is 4.74 Å². The van der Waals surface area contributed by atoms with E-state index in [0.717, 1.165) is 39.3 Å². The molecule has 1 saturated heterocycles. The van der Waals surface area contributed by atoms with Crippen molar-refractivity contribution in [3.63, 3.8) is 0 Å². The molecule has 6 nitrogen and oxygen atoms in total. The minimum atomic E-state index is -0.654. The third-order valence-corrected chi connectivity index (χ3v) is 6.17. The van der Waals surface area contributed by atoms with E-state index in [9.17, 15) is 14.0 Å². The van der Waals surface area contributed by atoms with E-state index in [-0.39, 0.29) is 17.1 Å². The monoisotopic (exact) mass is 423 g/mol. The van der Waals surface area contributed by atoms with Gasteiger partial charge in [-0.05, 0) is 29.8 Å². The van der Waals surface area contributed by atoms with E-state index in [1.54, 1.807) is 41.3 Å². The molecule has 0 spiro atoms. The first-order chi connectivity index (χ1) is 15.1. The summed E-state index contributed by atoms with van der Waals surface area (Å²) in [6.45, 7) is 4.77. The van der Waals surface area contributed by atoms with E-state index < -0.39 is 11.9 Å². The molecular formula is C24H24FN2O4+. The van der Waals surface area contributed by atoms with Gasteiger partial charge in [0.05, 0.1) is 36.8 Å². The molecule has 3 heterocycles. The first kappa shape index (κ1) is 19.9. The Hall–Kier alpha value is -3.03. The highest BCUT2D eigenvalue weighted by Gasteiger charge is 2.42. The van der Waals surface area contributed by atoms with E-state index >= 15 is 0 Å². The number of fused-ring (bicyclic) bond motifs is 2. The van der Waals surface area contributed by atoms with Gasteiger partial charge in [-0.2, -0.15) is 0 Å². The normalized spacial score (nSPS) is 19.2. The van der Waals surface area contributed by atoms with Gasteiger partial charge < -0.3 is 19.0 Å². The summed E-state index contributed by atoms with van der Waals surface area (Å²) in [5, 5.41) is 0.426. The molecule has 1 atom stereocenters.